The number of nitrogens with two attached hydrogens (primary N) is 1. The van der Waals surface area contributed by atoms with E-state index in [0.29, 0.717) is 0 Å². The first-order chi connectivity index (χ1) is 8.25. The highest BCUT2D eigenvalue weighted by Gasteiger charge is 2.10. The van der Waals surface area contributed by atoms with Crippen LogP contribution < -0.4 is 10.5 Å². The quantitative estimate of drug-likeness (QED) is 0.628. The summed E-state index contributed by atoms with van der Waals surface area (Å²) in [4.78, 5) is 2.51. The molecule has 0 amide bonds. The SMILES string of the molecule is Cc1ccc(N)cc1OCCCN1CCCC1. The highest BCUT2D eigenvalue weighted by atomic mass is 16.5. The number of hydrogen-bond donors (Lipinski definition) is 1. The number of nitrogen functional groups attached to an aromatic ring is 1. The Morgan fingerprint density at radius 3 is 2.82 bits per heavy atom. The lowest BCUT2D eigenvalue weighted by Gasteiger charge is -2.15. The van der Waals surface area contributed by atoms with E-state index in [1.165, 1.54) is 25.9 Å². The third-order valence-corrected chi connectivity index (χ3v) is 3.29. The van der Waals surface area contributed by atoms with Gasteiger partial charge in [0.25, 0.3) is 0 Å². The molecule has 0 radical (unpaired) electrons. The van der Waals surface area contributed by atoms with Crippen molar-refractivity contribution < 1.29 is 4.74 Å². The van der Waals surface area contributed by atoms with Crippen molar-refractivity contribution in [2.24, 2.45) is 0 Å². The maximum atomic E-state index is 5.77. The number of hydrogen-bond acceptors (Lipinski definition) is 3. The summed E-state index contributed by atoms with van der Waals surface area (Å²) in [5.74, 6) is 0.923. The van der Waals surface area contributed by atoms with E-state index >= 15 is 0 Å². The second kappa shape index (κ2) is 5.92. The zero-order chi connectivity index (χ0) is 12.1. The molecule has 1 fully saturated rings. The predicted octanol–water partition coefficient (Wildman–Crippen LogP) is 2.44. The first-order valence-corrected chi connectivity index (χ1v) is 6.47. The molecule has 0 aromatic heterocycles. The van der Waals surface area contributed by atoms with Gasteiger partial charge >= 0.3 is 0 Å². The van der Waals surface area contributed by atoms with Crippen LogP contribution in [0.4, 0.5) is 5.69 Å². The second-order valence-electron chi connectivity index (χ2n) is 4.78. The number of aryl methyl sites for hydroxylation is 1. The van der Waals surface area contributed by atoms with Crippen molar-refractivity contribution in [2.45, 2.75) is 26.2 Å². The second-order valence-corrected chi connectivity index (χ2v) is 4.78. The topological polar surface area (TPSA) is 38.5 Å². The molecule has 0 unspecified atom stereocenters. The van der Waals surface area contributed by atoms with E-state index in [9.17, 15) is 0 Å². The molecule has 0 bridgehead atoms. The van der Waals surface area contributed by atoms with Crippen LogP contribution in [-0.2, 0) is 0 Å². The molecule has 17 heavy (non-hydrogen) atoms. The van der Waals surface area contributed by atoms with Gasteiger partial charge in [-0.2, -0.15) is 0 Å². The van der Waals surface area contributed by atoms with Gasteiger partial charge in [0.15, 0.2) is 0 Å². The van der Waals surface area contributed by atoms with E-state index in [0.717, 1.165) is 36.6 Å². The third-order valence-electron chi connectivity index (χ3n) is 3.29. The molecule has 0 spiro atoms. The van der Waals surface area contributed by atoms with Crippen LogP contribution in [0.5, 0.6) is 5.75 Å². The molecular weight excluding hydrogens is 212 g/mol. The van der Waals surface area contributed by atoms with Gasteiger partial charge in [-0.3, -0.25) is 0 Å². The van der Waals surface area contributed by atoms with Crippen molar-refractivity contribution in [1.29, 1.82) is 0 Å². The first kappa shape index (κ1) is 12.2. The molecule has 3 nitrogen and oxygen atoms in total. The molecule has 94 valence electrons. The van der Waals surface area contributed by atoms with Crippen LogP contribution in [-0.4, -0.2) is 31.1 Å². The normalized spacial score (nSPS) is 16.3. The summed E-state index contributed by atoms with van der Waals surface area (Å²) in [7, 11) is 0. The van der Waals surface area contributed by atoms with Crippen LogP contribution in [0.3, 0.4) is 0 Å². The molecule has 1 saturated heterocycles. The lowest BCUT2D eigenvalue weighted by molar-refractivity contribution is 0.262. The molecule has 1 aliphatic rings. The van der Waals surface area contributed by atoms with Crippen molar-refractivity contribution in [3.63, 3.8) is 0 Å². The number of likely N-dealkylation sites (tertiary alicyclic amines) is 1. The predicted molar refractivity (Wildman–Crippen MR) is 71.4 cm³/mol. The van der Waals surface area contributed by atoms with E-state index in [1.54, 1.807) is 0 Å². The minimum Gasteiger partial charge on any atom is -0.493 e. The molecule has 0 aliphatic carbocycles. The zero-order valence-electron chi connectivity index (χ0n) is 10.6. The molecule has 0 atom stereocenters. The fourth-order valence-corrected chi connectivity index (χ4v) is 2.25. The maximum absolute atomic E-state index is 5.77. The van der Waals surface area contributed by atoms with E-state index in [-0.39, 0.29) is 0 Å². The van der Waals surface area contributed by atoms with Gasteiger partial charge in [0.1, 0.15) is 5.75 Å². The molecule has 2 N–H and O–H groups in total. The summed E-state index contributed by atoms with van der Waals surface area (Å²) in [6, 6.07) is 5.82. The van der Waals surface area contributed by atoms with E-state index in [1.807, 2.05) is 18.2 Å². The van der Waals surface area contributed by atoms with Crippen molar-refractivity contribution in [1.82, 2.24) is 4.90 Å². The molecular formula is C14H22N2O. The van der Waals surface area contributed by atoms with Crippen LogP contribution in [0, 0.1) is 6.92 Å². The largest absolute Gasteiger partial charge is 0.493 e. The Hall–Kier alpha value is -1.22. The van der Waals surface area contributed by atoms with Gasteiger partial charge in [0.2, 0.25) is 0 Å². The van der Waals surface area contributed by atoms with Crippen molar-refractivity contribution in [3.8, 4) is 5.75 Å². The Balaban J connectivity index is 1.72. The van der Waals surface area contributed by atoms with Gasteiger partial charge in [-0.1, -0.05) is 6.07 Å². The minimum absolute atomic E-state index is 0.769. The number of anilines is 1. The maximum Gasteiger partial charge on any atom is 0.124 e. The number of rotatable bonds is 5. The fraction of sp³-hybridized carbons (Fsp3) is 0.571. The first-order valence-electron chi connectivity index (χ1n) is 6.47. The van der Waals surface area contributed by atoms with E-state index in [2.05, 4.69) is 11.8 Å². The molecule has 1 heterocycles. The molecule has 3 heteroatoms. The smallest absolute Gasteiger partial charge is 0.124 e. The van der Waals surface area contributed by atoms with Gasteiger partial charge in [-0.05, 0) is 50.9 Å². The summed E-state index contributed by atoms with van der Waals surface area (Å²) < 4.78 is 5.77. The number of nitrogens with zero attached hydrogens (tertiary/aromatic N) is 1. The van der Waals surface area contributed by atoms with Gasteiger partial charge in [-0.25, -0.2) is 0 Å². The van der Waals surface area contributed by atoms with Crippen LogP contribution >= 0.6 is 0 Å². The van der Waals surface area contributed by atoms with Gasteiger partial charge in [0.05, 0.1) is 6.61 Å². The lowest BCUT2D eigenvalue weighted by atomic mass is 10.2. The Morgan fingerprint density at radius 2 is 2.06 bits per heavy atom. The van der Waals surface area contributed by atoms with Gasteiger partial charge < -0.3 is 15.4 Å². The summed E-state index contributed by atoms with van der Waals surface area (Å²) in [5.41, 5.74) is 7.66. The van der Waals surface area contributed by atoms with Gasteiger partial charge in [0, 0.05) is 18.3 Å². The molecule has 2 rings (SSSR count). The highest BCUT2D eigenvalue weighted by molar-refractivity contribution is 5.47. The van der Waals surface area contributed by atoms with Crippen molar-refractivity contribution in [2.75, 3.05) is 32.0 Å². The average molecular weight is 234 g/mol. The standard InChI is InChI=1S/C14H22N2O/c1-12-5-6-13(15)11-14(12)17-10-4-9-16-7-2-3-8-16/h5-6,11H,2-4,7-10,15H2,1H3. The Labute approximate surface area is 104 Å². The average Bonchev–Trinajstić information content (AvgIpc) is 2.82. The van der Waals surface area contributed by atoms with Crippen molar-refractivity contribution in [3.05, 3.63) is 23.8 Å². The number of benzene rings is 1. The molecule has 1 aromatic rings. The minimum atomic E-state index is 0.769. The third kappa shape index (κ3) is 3.63. The van der Waals surface area contributed by atoms with E-state index < -0.39 is 0 Å². The van der Waals surface area contributed by atoms with Crippen LogP contribution in [0.15, 0.2) is 18.2 Å². The monoisotopic (exact) mass is 234 g/mol. The lowest BCUT2D eigenvalue weighted by Crippen LogP contribution is -2.21. The Kier molecular flexibility index (Phi) is 4.26. The van der Waals surface area contributed by atoms with Gasteiger partial charge in [-0.15, -0.1) is 0 Å². The van der Waals surface area contributed by atoms with Crippen LogP contribution in [0.2, 0.25) is 0 Å². The zero-order valence-corrected chi connectivity index (χ0v) is 10.6. The molecule has 1 aliphatic heterocycles. The summed E-state index contributed by atoms with van der Waals surface area (Å²) >= 11 is 0. The van der Waals surface area contributed by atoms with Crippen molar-refractivity contribution >= 4 is 5.69 Å². The summed E-state index contributed by atoms with van der Waals surface area (Å²) in [5, 5.41) is 0. The molecule has 1 aromatic carbocycles. The number of ether oxygens (including phenoxy) is 1. The Bertz CT molecular complexity index is 359. The van der Waals surface area contributed by atoms with Crippen LogP contribution in [0.1, 0.15) is 24.8 Å². The highest BCUT2D eigenvalue weighted by Crippen LogP contribution is 2.20. The molecule has 0 saturated carbocycles. The fourth-order valence-electron chi connectivity index (χ4n) is 2.25. The Morgan fingerprint density at radius 1 is 1.29 bits per heavy atom. The summed E-state index contributed by atoms with van der Waals surface area (Å²) in [6.07, 6.45) is 3.80. The summed E-state index contributed by atoms with van der Waals surface area (Å²) in [6.45, 7) is 6.51. The van der Waals surface area contributed by atoms with Crippen LogP contribution in [0.25, 0.3) is 0 Å². The van der Waals surface area contributed by atoms with E-state index in [4.69, 9.17) is 10.5 Å².